The molecule has 0 aromatic rings. The van der Waals surface area contributed by atoms with Crippen molar-refractivity contribution < 1.29 is 23.9 Å². The highest BCUT2D eigenvalue weighted by Crippen LogP contribution is 2.22. The molecule has 0 spiro atoms. The smallest absolute Gasteiger partial charge is 0.305 e. The predicted octanol–water partition coefficient (Wildman–Crippen LogP) is 15.3. The minimum absolute atomic E-state index is 0.0406. The summed E-state index contributed by atoms with van der Waals surface area (Å²) in [7, 11) is 4.24. The van der Waals surface area contributed by atoms with Gasteiger partial charge < -0.3 is 19.3 Å². The zero-order valence-electron chi connectivity index (χ0n) is 42.2. The first-order valence-electron chi connectivity index (χ1n) is 26.6. The van der Waals surface area contributed by atoms with Gasteiger partial charge in [0.15, 0.2) is 0 Å². The summed E-state index contributed by atoms with van der Waals surface area (Å²) in [5, 5.41) is 0. The van der Waals surface area contributed by atoms with E-state index in [1.54, 1.807) is 0 Å². The molecule has 0 bridgehead atoms. The summed E-state index contributed by atoms with van der Waals surface area (Å²) in [4.78, 5) is 43.3. The number of amides is 1. The molecule has 62 heavy (non-hydrogen) atoms. The van der Waals surface area contributed by atoms with Crippen LogP contribution in [0.2, 0.25) is 0 Å². The van der Waals surface area contributed by atoms with Gasteiger partial charge in [-0.25, -0.2) is 0 Å². The average molecular weight is 871 g/mol. The van der Waals surface area contributed by atoms with Crippen molar-refractivity contribution in [3.63, 3.8) is 0 Å². The number of nitrogens with zero attached hydrogens (tertiary/aromatic N) is 2. The van der Waals surface area contributed by atoms with E-state index in [9.17, 15) is 14.4 Å². The summed E-state index contributed by atoms with van der Waals surface area (Å²) in [6, 6.07) is 0.308. The molecular formula is C55H102N2O5. The van der Waals surface area contributed by atoms with Crippen molar-refractivity contribution in [2.45, 2.75) is 259 Å². The molecule has 0 aliphatic heterocycles. The Morgan fingerprint density at radius 3 is 1.53 bits per heavy atom. The van der Waals surface area contributed by atoms with Gasteiger partial charge >= 0.3 is 11.9 Å². The number of allylic oxidation sites excluding steroid dienone is 1. The first-order valence-corrected chi connectivity index (χ1v) is 26.6. The number of rotatable bonds is 45. The van der Waals surface area contributed by atoms with E-state index in [-0.39, 0.29) is 17.9 Å². The van der Waals surface area contributed by atoms with Crippen molar-refractivity contribution in [3.05, 3.63) is 23.6 Å². The Labute approximate surface area is 385 Å². The second-order valence-electron chi connectivity index (χ2n) is 18.9. The molecule has 1 amide bonds. The maximum absolute atomic E-state index is 13.9. The van der Waals surface area contributed by atoms with Crippen LogP contribution in [0.15, 0.2) is 23.6 Å². The van der Waals surface area contributed by atoms with Crippen LogP contribution in [0.25, 0.3) is 0 Å². The highest BCUT2D eigenvalue weighted by atomic mass is 16.5. The summed E-state index contributed by atoms with van der Waals surface area (Å²) in [5.74, 6) is 0.903. The van der Waals surface area contributed by atoms with E-state index in [0.717, 1.165) is 129 Å². The molecule has 0 saturated heterocycles. The summed E-state index contributed by atoms with van der Waals surface area (Å²) in [5.41, 5.74) is 6.33. The molecule has 0 aromatic carbocycles. The first-order chi connectivity index (χ1) is 30.2. The van der Waals surface area contributed by atoms with Gasteiger partial charge in [-0.2, -0.15) is 0 Å². The summed E-state index contributed by atoms with van der Waals surface area (Å²) < 4.78 is 11.3. The van der Waals surface area contributed by atoms with Crippen LogP contribution in [-0.2, 0) is 23.9 Å². The van der Waals surface area contributed by atoms with Crippen LogP contribution >= 0.6 is 0 Å². The van der Waals surface area contributed by atoms with Gasteiger partial charge in [-0.05, 0) is 96.5 Å². The molecule has 0 aliphatic rings. The van der Waals surface area contributed by atoms with Gasteiger partial charge in [-0.1, -0.05) is 187 Å². The van der Waals surface area contributed by atoms with Crippen LogP contribution in [0.4, 0.5) is 0 Å². The number of esters is 2. The van der Waals surface area contributed by atoms with E-state index in [2.05, 4.69) is 70.0 Å². The maximum Gasteiger partial charge on any atom is 0.305 e. The topological polar surface area (TPSA) is 76.2 Å². The molecule has 0 aromatic heterocycles. The Balaban J connectivity index is 5.00. The molecule has 0 fully saturated rings. The molecule has 0 saturated carbocycles. The fourth-order valence-electron chi connectivity index (χ4n) is 8.14. The van der Waals surface area contributed by atoms with Gasteiger partial charge in [-0.15, -0.1) is 0 Å². The van der Waals surface area contributed by atoms with Gasteiger partial charge in [0.05, 0.1) is 13.2 Å². The fourth-order valence-corrected chi connectivity index (χ4v) is 8.14. The van der Waals surface area contributed by atoms with Crippen LogP contribution in [0.3, 0.4) is 0 Å². The van der Waals surface area contributed by atoms with Crippen molar-refractivity contribution in [3.8, 4) is 0 Å². The summed E-state index contributed by atoms with van der Waals surface area (Å²) in [6.45, 7) is 13.9. The third kappa shape index (κ3) is 39.3. The van der Waals surface area contributed by atoms with Crippen LogP contribution < -0.4 is 0 Å². The number of unbranched alkanes of at least 4 members (excludes halogenated alkanes) is 20. The SMILES string of the molecule is CCCC=C=C=CC(CCCCCC)COC(=O)CCCCCCCCC(CCCCCCCCC(=O)OCC(C)CCCC)N(CCCN(C)C)C(=O)CCCCCCCC. The minimum Gasteiger partial charge on any atom is -0.465 e. The molecule has 0 rings (SSSR count). The molecule has 0 aliphatic carbocycles. The second-order valence-corrected chi connectivity index (χ2v) is 18.9. The average Bonchev–Trinajstić information content (AvgIpc) is 3.26. The van der Waals surface area contributed by atoms with Crippen molar-refractivity contribution in [1.29, 1.82) is 0 Å². The third-order valence-corrected chi connectivity index (χ3v) is 12.2. The Morgan fingerprint density at radius 2 is 0.984 bits per heavy atom. The number of hydrogen-bond acceptors (Lipinski definition) is 6. The van der Waals surface area contributed by atoms with Crippen molar-refractivity contribution >= 4 is 17.8 Å². The van der Waals surface area contributed by atoms with Crippen molar-refractivity contribution in [2.24, 2.45) is 11.8 Å². The number of carbonyl (C=O) groups is 3. The maximum atomic E-state index is 13.9. The quantitative estimate of drug-likeness (QED) is 0.0345. The van der Waals surface area contributed by atoms with Gasteiger partial charge in [0.25, 0.3) is 0 Å². The molecule has 0 heterocycles. The van der Waals surface area contributed by atoms with Gasteiger partial charge in [0, 0.05) is 37.8 Å². The van der Waals surface area contributed by atoms with E-state index in [1.807, 2.05) is 12.2 Å². The molecule has 3 unspecified atom stereocenters. The lowest BCUT2D eigenvalue weighted by Crippen LogP contribution is -2.41. The van der Waals surface area contributed by atoms with Gasteiger partial charge in [-0.3, -0.25) is 14.4 Å². The van der Waals surface area contributed by atoms with E-state index >= 15 is 0 Å². The van der Waals surface area contributed by atoms with Crippen LogP contribution in [-0.4, -0.2) is 74.1 Å². The largest absolute Gasteiger partial charge is 0.465 e. The Kier molecular flexibility index (Phi) is 43.5. The highest BCUT2D eigenvalue weighted by molar-refractivity contribution is 5.76. The van der Waals surface area contributed by atoms with Gasteiger partial charge in [0.1, 0.15) is 0 Å². The zero-order chi connectivity index (χ0) is 45.7. The molecule has 0 N–H and O–H groups in total. The van der Waals surface area contributed by atoms with E-state index in [0.29, 0.717) is 50.3 Å². The first kappa shape index (κ1) is 59.7. The van der Waals surface area contributed by atoms with E-state index in [4.69, 9.17) is 9.47 Å². The number of carbonyl (C=O) groups excluding carboxylic acids is 3. The van der Waals surface area contributed by atoms with E-state index < -0.39 is 0 Å². The second kappa shape index (κ2) is 45.2. The van der Waals surface area contributed by atoms with Crippen molar-refractivity contribution in [1.82, 2.24) is 9.80 Å². The molecule has 0 radical (unpaired) electrons. The molecule has 7 heteroatoms. The molecule has 3 atom stereocenters. The normalized spacial score (nSPS) is 12.6. The minimum atomic E-state index is -0.0758. The van der Waals surface area contributed by atoms with Crippen LogP contribution in [0.1, 0.15) is 253 Å². The van der Waals surface area contributed by atoms with Crippen molar-refractivity contribution in [2.75, 3.05) is 40.4 Å². The lowest BCUT2D eigenvalue weighted by Gasteiger charge is -2.33. The summed E-state index contributed by atoms with van der Waals surface area (Å²) in [6.07, 6.45) is 40.8. The Bertz CT molecular complexity index is 1140. The Morgan fingerprint density at radius 1 is 0.500 bits per heavy atom. The van der Waals surface area contributed by atoms with Gasteiger partial charge in [0.2, 0.25) is 5.91 Å². The lowest BCUT2D eigenvalue weighted by atomic mass is 9.97. The third-order valence-electron chi connectivity index (χ3n) is 12.2. The molecule has 7 nitrogen and oxygen atoms in total. The van der Waals surface area contributed by atoms with E-state index in [1.165, 1.54) is 83.5 Å². The molecule has 362 valence electrons. The molecular weight excluding hydrogens is 769 g/mol. The zero-order valence-corrected chi connectivity index (χ0v) is 42.2. The lowest BCUT2D eigenvalue weighted by molar-refractivity contribution is -0.145. The number of hydrogen-bond donors (Lipinski definition) is 0. The highest BCUT2D eigenvalue weighted by Gasteiger charge is 2.23. The standard InChI is InChI=1S/C55H102N2O5/c1-8-12-16-19-27-34-43-53(58)57(47-37-46-56(6)7)52(41-32-25-20-22-28-35-44-54(59)61-48-50(5)38-15-11-4)42-33-26-21-23-29-36-45-55(60)62-49-51(39-30-18-14-10-3)40-31-24-17-13-9-2/h17,40,50-52H,8-16,18-23,25-30,32-39,41-49H2,1-7H3. The van der Waals surface area contributed by atoms with Crippen LogP contribution in [0, 0.1) is 11.8 Å². The predicted molar refractivity (Wildman–Crippen MR) is 264 cm³/mol. The fraction of sp³-hybridized carbons (Fsp3) is 0.873. The number of ether oxygens (including phenoxy) is 2. The Hall–Kier alpha value is -2.33. The summed E-state index contributed by atoms with van der Waals surface area (Å²) >= 11 is 0. The monoisotopic (exact) mass is 871 g/mol. The van der Waals surface area contributed by atoms with Crippen LogP contribution in [0.5, 0.6) is 0 Å².